The molecular weight excluding hydrogens is 308 g/mol. The molecular formula is C18H26N2O2S. The molecule has 23 heavy (non-hydrogen) atoms. The van der Waals surface area contributed by atoms with Gasteiger partial charge in [-0.2, -0.15) is 0 Å². The minimum atomic E-state index is -0.0196. The Morgan fingerprint density at radius 1 is 1.35 bits per heavy atom. The number of amides is 2. The molecule has 1 fully saturated rings. The van der Waals surface area contributed by atoms with Crippen LogP contribution in [0.3, 0.4) is 0 Å². The van der Waals surface area contributed by atoms with Gasteiger partial charge in [-0.15, -0.1) is 11.8 Å². The third kappa shape index (κ3) is 5.57. The summed E-state index contributed by atoms with van der Waals surface area (Å²) in [5.41, 5.74) is 1.28. The lowest BCUT2D eigenvalue weighted by Crippen LogP contribution is -2.49. The fourth-order valence-electron chi connectivity index (χ4n) is 2.99. The number of hydrogen-bond acceptors (Lipinski definition) is 3. The Labute approximate surface area is 143 Å². The fraction of sp³-hybridized carbons (Fsp3) is 0.556. The number of benzene rings is 1. The van der Waals surface area contributed by atoms with Gasteiger partial charge in [0.2, 0.25) is 11.8 Å². The van der Waals surface area contributed by atoms with Crippen LogP contribution in [0.4, 0.5) is 0 Å². The Morgan fingerprint density at radius 3 is 2.74 bits per heavy atom. The number of thioether (sulfide) groups is 1. The Bertz CT molecular complexity index is 521. The van der Waals surface area contributed by atoms with Crippen molar-refractivity contribution in [3.8, 4) is 0 Å². The molecule has 0 aliphatic carbocycles. The van der Waals surface area contributed by atoms with Crippen LogP contribution < -0.4 is 5.32 Å². The molecule has 1 N–H and O–H groups in total. The van der Waals surface area contributed by atoms with Crippen molar-refractivity contribution in [3.05, 3.63) is 35.9 Å². The van der Waals surface area contributed by atoms with Gasteiger partial charge in [-0.3, -0.25) is 9.59 Å². The highest BCUT2D eigenvalue weighted by Gasteiger charge is 2.24. The van der Waals surface area contributed by atoms with E-state index in [4.69, 9.17) is 0 Å². The summed E-state index contributed by atoms with van der Waals surface area (Å²) < 4.78 is 0. The first kappa shape index (κ1) is 17.9. The van der Waals surface area contributed by atoms with Gasteiger partial charge in [0.05, 0.1) is 5.75 Å². The SMILES string of the molecule is CC[C@H](SCC(=O)N1CCC[C@H](NC(C)=O)C1)c1ccccc1. The molecule has 0 radical (unpaired) electrons. The van der Waals surface area contributed by atoms with Gasteiger partial charge in [-0.05, 0) is 24.8 Å². The summed E-state index contributed by atoms with van der Waals surface area (Å²) in [5, 5.41) is 3.29. The minimum absolute atomic E-state index is 0.0196. The Morgan fingerprint density at radius 2 is 2.09 bits per heavy atom. The summed E-state index contributed by atoms with van der Waals surface area (Å²) in [4.78, 5) is 25.6. The number of rotatable bonds is 6. The molecule has 2 amide bonds. The van der Waals surface area contributed by atoms with Crippen LogP contribution in [0.15, 0.2) is 30.3 Å². The highest BCUT2D eigenvalue weighted by molar-refractivity contribution is 8.00. The lowest BCUT2D eigenvalue weighted by atomic mass is 10.1. The molecule has 1 aromatic carbocycles. The second-order valence-electron chi connectivity index (χ2n) is 6.00. The zero-order valence-corrected chi connectivity index (χ0v) is 14.8. The molecule has 0 spiro atoms. The number of nitrogens with zero attached hydrogens (tertiary/aromatic N) is 1. The largest absolute Gasteiger partial charge is 0.352 e. The van der Waals surface area contributed by atoms with Gasteiger partial charge >= 0.3 is 0 Å². The first-order valence-electron chi connectivity index (χ1n) is 8.31. The number of nitrogens with one attached hydrogen (secondary N) is 1. The summed E-state index contributed by atoms with van der Waals surface area (Å²) in [6.07, 6.45) is 2.92. The lowest BCUT2D eigenvalue weighted by Gasteiger charge is -2.33. The Hall–Kier alpha value is -1.49. The van der Waals surface area contributed by atoms with Crippen LogP contribution in [0.2, 0.25) is 0 Å². The van der Waals surface area contributed by atoms with Gasteiger partial charge in [0.25, 0.3) is 0 Å². The van der Waals surface area contributed by atoms with Crippen molar-refractivity contribution >= 4 is 23.6 Å². The van der Waals surface area contributed by atoms with Crippen molar-refractivity contribution in [3.63, 3.8) is 0 Å². The van der Waals surface area contributed by atoms with Crippen LogP contribution in [0.1, 0.15) is 43.9 Å². The summed E-state index contributed by atoms with van der Waals surface area (Å²) >= 11 is 1.71. The lowest BCUT2D eigenvalue weighted by molar-refractivity contribution is -0.130. The number of likely N-dealkylation sites (tertiary alicyclic amines) is 1. The average molecular weight is 334 g/mol. The van der Waals surface area contributed by atoms with E-state index < -0.39 is 0 Å². The molecule has 1 heterocycles. The van der Waals surface area contributed by atoms with E-state index in [0.29, 0.717) is 17.5 Å². The Kier molecular flexibility index (Phi) is 6.96. The highest BCUT2D eigenvalue weighted by Crippen LogP contribution is 2.31. The maximum Gasteiger partial charge on any atom is 0.232 e. The number of carbonyl (C=O) groups excluding carboxylic acids is 2. The second kappa shape index (κ2) is 8.96. The topological polar surface area (TPSA) is 49.4 Å². The highest BCUT2D eigenvalue weighted by atomic mass is 32.2. The summed E-state index contributed by atoms with van der Waals surface area (Å²) in [7, 11) is 0. The van der Waals surface area contributed by atoms with Gasteiger partial charge in [-0.25, -0.2) is 0 Å². The molecule has 1 aliphatic heterocycles. The monoisotopic (exact) mass is 334 g/mol. The fourth-order valence-corrected chi connectivity index (χ4v) is 4.10. The first-order chi connectivity index (χ1) is 11.1. The number of piperidine rings is 1. The predicted octanol–water partition coefficient (Wildman–Crippen LogP) is 3.00. The predicted molar refractivity (Wildman–Crippen MR) is 95.4 cm³/mol. The molecule has 0 bridgehead atoms. The van der Waals surface area contributed by atoms with E-state index in [0.717, 1.165) is 25.8 Å². The third-order valence-electron chi connectivity index (χ3n) is 4.13. The van der Waals surface area contributed by atoms with E-state index in [1.165, 1.54) is 12.5 Å². The van der Waals surface area contributed by atoms with Crippen LogP contribution in [-0.2, 0) is 9.59 Å². The molecule has 126 valence electrons. The van der Waals surface area contributed by atoms with Crippen LogP contribution in [-0.4, -0.2) is 41.6 Å². The maximum absolute atomic E-state index is 12.5. The molecule has 4 nitrogen and oxygen atoms in total. The second-order valence-corrected chi connectivity index (χ2v) is 7.19. The van der Waals surface area contributed by atoms with Crippen molar-refractivity contribution in [2.45, 2.75) is 44.4 Å². The van der Waals surface area contributed by atoms with Crippen molar-refractivity contribution in [1.82, 2.24) is 10.2 Å². The minimum Gasteiger partial charge on any atom is -0.352 e. The van der Waals surface area contributed by atoms with Gasteiger partial charge in [0.15, 0.2) is 0 Å². The standard InChI is InChI=1S/C18H26N2O2S/c1-3-17(15-8-5-4-6-9-15)23-13-18(22)20-11-7-10-16(12-20)19-14(2)21/h4-6,8-9,16-17H,3,7,10-13H2,1-2H3,(H,19,21)/t16-,17-/m0/s1. The van der Waals surface area contributed by atoms with Crippen molar-refractivity contribution in [1.29, 1.82) is 0 Å². The van der Waals surface area contributed by atoms with Crippen molar-refractivity contribution in [2.24, 2.45) is 0 Å². The molecule has 0 saturated carbocycles. The molecule has 2 atom stereocenters. The average Bonchev–Trinajstić information content (AvgIpc) is 2.56. The molecule has 1 aliphatic rings. The van der Waals surface area contributed by atoms with Crippen LogP contribution >= 0.6 is 11.8 Å². The van der Waals surface area contributed by atoms with E-state index in [2.05, 4.69) is 24.4 Å². The van der Waals surface area contributed by atoms with Crippen LogP contribution in [0, 0.1) is 0 Å². The number of carbonyl (C=O) groups is 2. The zero-order valence-electron chi connectivity index (χ0n) is 14.0. The molecule has 2 rings (SSSR count). The van der Waals surface area contributed by atoms with Crippen molar-refractivity contribution < 1.29 is 9.59 Å². The third-order valence-corrected chi connectivity index (χ3v) is 5.55. The van der Waals surface area contributed by atoms with E-state index in [1.54, 1.807) is 11.8 Å². The molecule has 0 unspecified atom stereocenters. The smallest absolute Gasteiger partial charge is 0.232 e. The maximum atomic E-state index is 12.5. The summed E-state index contributed by atoms with van der Waals surface area (Å²) in [6.45, 7) is 5.13. The van der Waals surface area contributed by atoms with E-state index in [9.17, 15) is 9.59 Å². The van der Waals surface area contributed by atoms with Gasteiger partial charge < -0.3 is 10.2 Å². The first-order valence-corrected chi connectivity index (χ1v) is 9.36. The summed E-state index contributed by atoms with van der Waals surface area (Å²) in [6, 6.07) is 10.5. The molecule has 0 aromatic heterocycles. The van der Waals surface area contributed by atoms with Crippen LogP contribution in [0.5, 0.6) is 0 Å². The quantitative estimate of drug-likeness (QED) is 0.870. The normalized spacial score (nSPS) is 19.2. The summed E-state index contributed by atoms with van der Waals surface area (Å²) in [5.74, 6) is 0.661. The van der Waals surface area contributed by atoms with E-state index in [1.807, 2.05) is 23.1 Å². The Balaban J connectivity index is 1.85. The zero-order chi connectivity index (χ0) is 16.7. The van der Waals surface area contributed by atoms with Gasteiger partial charge in [0.1, 0.15) is 0 Å². The van der Waals surface area contributed by atoms with Crippen LogP contribution in [0.25, 0.3) is 0 Å². The van der Waals surface area contributed by atoms with E-state index in [-0.39, 0.29) is 17.9 Å². The van der Waals surface area contributed by atoms with Gasteiger partial charge in [0, 0.05) is 31.3 Å². The van der Waals surface area contributed by atoms with Crippen molar-refractivity contribution in [2.75, 3.05) is 18.8 Å². The van der Waals surface area contributed by atoms with E-state index >= 15 is 0 Å². The number of hydrogen-bond donors (Lipinski definition) is 1. The molecule has 1 aromatic rings. The van der Waals surface area contributed by atoms with Gasteiger partial charge in [-0.1, -0.05) is 37.3 Å². The molecule has 1 saturated heterocycles. The molecule has 5 heteroatoms.